The Morgan fingerprint density at radius 3 is 2.26 bits per heavy atom. The Bertz CT molecular complexity index is 453. The number of nitrogens with one attached hydrogen (secondary N) is 1. The average molecular weight is 261 g/mol. The second-order valence-electron chi connectivity index (χ2n) is 5.53. The van der Waals surface area contributed by atoms with Crippen LogP contribution in [0.25, 0.3) is 0 Å². The zero-order chi connectivity index (χ0) is 14.5. The molecule has 1 aromatic carbocycles. The van der Waals surface area contributed by atoms with E-state index >= 15 is 0 Å². The highest BCUT2D eigenvalue weighted by Crippen LogP contribution is 2.22. The molecule has 1 N–H and O–H groups in total. The van der Waals surface area contributed by atoms with E-state index < -0.39 is 0 Å². The van der Waals surface area contributed by atoms with Crippen LogP contribution in [0.4, 0.5) is 0 Å². The maximum absolute atomic E-state index is 12.0. The smallest absolute Gasteiger partial charge is 0.255 e. The summed E-state index contributed by atoms with van der Waals surface area (Å²) in [4.78, 5) is 12.0. The van der Waals surface area contributed by atoms with Gasteiger partial charge in [-0.05, 0) is 30.0 Å². The lowest BCUT2D eigenvalue weighted by Crippen LogP contribution is -2.25. The molecule has 0 spiro atoms. The summed E-state index contributed by atoms with van der Waals surface area (Å²) in [6.45, 7) is 8.73. The summed E-state index contributed by atoms with van der Waals surface area (Å²) in [5.41, 5.74) is 2.74. The highest BCUT2D eigenvalue weighted by atomic mass is 16.5. The number of allylic oxidation sites excluding steroid dienone is 1. The molecule has 104 valence electrons. The monoisotopic (exact) mass is 261 g/mol. The first-order valence-electron chi connectivity index (χ1n) is 6.44. The van der Waals surface area contributed by atoms with E-state index in [-0.39, 0.29) is 11.3 Å². The van der Waals surface area contributed by atoms with E-state index in [1.807, 2.05) is 37.3 Å². The Kier molecular flexibility index (Phi) is 5.31. The number of carbonyl (C=O) groups is 1. The standard InChI is InChI=1S/C16H23NO2/c1-6-14(11-19-5)17-15(18)12-7-9-13(10-8-12)16(2,3)4/h6-10H,11H2,1-5H3,(H,17,18)/b14-6+. The molecule has 19 heavy (non-hydrogen) atoms. The molecule has 0 radical (unpaired) electrons. The van der Waals surface area contributed by atoms with Crippen molar-refractivity contribution in [3.05, 3.63) is 47.2 Å². The molecule has 0 aliphatic heterocycles. The molecule has 1 rings (SSSR count). The van der Waals surface area contributed by atoms with Gasteiger partial charge < -0.3 is 10.1 Å². The fourth-order valence-electron chi connectivity index (χ4n) is 1.69. The first kappa shape index (κ1) is 15.4. The summed E-state index contributed by atoms with van der Waals surface area (Å²) in [5.74, 6) is -0.106. The summed E-state index contributed by atoms with van der Waals surface area (Å²) in [6.07, 6.45) is 1.84. The summed E-state index contributed by atoms with van der Waals surface area (Å²) >= 11 is 0. The van der Waals surface area contributed by atoms with E-state index in [2.05, 4.69) is 26.1 Å². The van der Waals surface area contributed by atoms with Crippen LogP contribution in [-0.2, 0) is 10.2 Å². The van der Waals surface area contributed by atoms with Crippen LogP contribution in [0.15, 0.2) is 36.0 Å². The molecule has 1 aromatic rings. The van der Waals surface area contributed by atoms with Gasteiger partial charge in [0.25, 0.3) is 5.91 Å². The molecule has 0 bridgehead atoms. The molecule has 3 nitrogen and oxygen atoms in total. The highest BCUT2D eigenvalue weighted by Gasteiger charge is 2.14. The van der Waals surface area contributed by atoms with Gasteiger partial charge in [0.15, 0.2) is 0 Å². The topological polar surface area (TPSA) is 38.3 Å². The largest absolute Gasteiger partial charge is 0.378 e. The minimum atomic E-state index is -0.106. The van der Waals surface area contributed by atoms with E-state index in [0.717, 1.165) is 5.70 Å². The predicted molar refractivity (Wildman–Crippen MR) is 78.2 cm³/mol. The molecule has 0 saturated heterocycles. The maximum atomic E-state index is 12.0. The van der Waals surface area contributed by atoms with Gasteiger partial charge >= 0.3 is 0 Å². The first-order chi connectivity index (χ1) is 8.88. The van der Waals surface area contributed by atoms with Crippen LogP contribution in [0.2, 0.25) is 0 Å². The summed E-state index contributed by atoms with van der Waals surface area (Å²) < 4.78 is 5.01. The predicted octanol–water partition coefficient (Wildman–Crippen LogP) is 3.26. The third kappa shape index (κ3) is 4.52. The highest BCUT2D eigenvalue weighted by molar-refractivity contribution is 5.95. The van der Waals surface area contributed by atoms with Crippen molar-refractivity contribution in [2.24, 2.45) is 0 Å². The van der Waals surface area contributed by atoms with Crippen molar-refractivity contribution in [1.82, 2.24) is 5.32 Å². The Morgan fingerprint density at radius 1 is 1.26 bits per heavy atom. The molecular formula is C16H23NO2. The minimum Gasteiger partial charge on any atom is -0.378 e. The number of ether oxygens (including phenoxy) is 1. The number of benzene rings is 1. The van der Waals surface area contributed by atoms with Gasteiger partial charge in [-0.25, -0.2) is 0 Å². The van der Waals surface area contributed by atoms with Gasteiger partial charge in [0, 0.05) is 18.4 Å². The molecule has 1 amide bonds. The minimum absolute atomic E-state index is 0.0968. The fourth-order valence-corrected chi connectivity index (χ4v) is 1.69. The lowest BCUT2D eigenvalue weighted by atomic mass is 9.87. The summed E-state index contributed by atoms with van der Waals surface area (Å²) in [7, 11) is 1.60. The summed E-state index contributed by atoms with van der Waals surface area (Å²) in [5, 5.41) is 2.84. The number of carbonyl (C=O) groups excluding carboxylic acids is 1. The molecular weight excluding hydrogens is 238 g/mol. The zero-order valence-corrected chi connectivity index (χ0v) is 12.4. The van der Waals surface area contributed by atoms with Gasteiger partial charge in [-0.15, -0.1) is 0 Å². The molecule has 0 heterocycles. The van der Waals surface area contributed by atoms with E-state index in [9.17, 15) is 4.79 Å². The Labute approximate surface area is 115 Å². The van der Waals surface area contributed by atoms with Crippen LogP contribution in [0.3, 0.4) is 0 Å². The number of amides is 1. The lowest BCUT2D eigenvalue weighted by Gasteiger charge is -2.19. The molecule has 0 unspecified atom stereocenters. The third-order valence-corrected chi connectivity index (χ3v) is 2.94. The first-order valence-corrected chi connectivity index (χ1v) is 6.44. The third-order valence-electron chi connectivity index (χ3n) is 2.94. The van der Waals surface area contributed by atoms with Crippen LogP contribution >= 0.6 is 0 Å². The SMILES string of the molecule is C/C=C(\COC)NC(=O)c1ccc(C(C)(C)C)cc1. The van der Waals surface area contributed by atoms with Crippen LogP contribution in [0, 0.1) is 0 Å². The van der Waals surface area contributed by atoms with Crippen LogP contribution in [-0.4, -0.2) is 19.6 Å². The maximum Gasteiger partial charge on any atom is 0.255 e. The van der Waals surface area contributed by atoms with Crippen molar-refractivity contribution in [2.45, 2.75) is 33.1 Å². The average Bonchev–Trinajstić information content (AvgIpc) is 2.37. The molecule has 0 aliphatic carbocycles. The van der Waals surface area contributed by atoms with Gasteiger partial charge in [-0.1, -0.05) is 39.0 Å². The molecule has 0 atom stereocenters. The van der Waals surface area contributed by atoms with Gasteiger partial charge in [0.2, 0.25) is 0 Å². The van der Waals surface area contributed by atoms with Crippen molar-refractivity contribution in [1.29, 1.82) is 0 Å². The van der Waals surface area contributed by atoms with Crippen molar-refractivity contribution in [2.75, 3.05) is 13.7 Å². The molecule has 0 aromatic heterocycles. The fraction of sp³-hybridized carbons (Fsp3) is 0.438. The van der Waals surface area contributed by atoms with E-state index in [4.69, 9.17) is 4.74 Å². The number of hydrogen-bond acceptors (Lipinski definition) is 2. The zero-order valence-electron chi connectivity index (χ0n) is 12.4. The number of methoxy groups -OCH3 is 1. The second-order valence-corrected chi connectivity index (χ2v) is 5.53. The number of hydrogen-bond donors (Lipinski definition) is 1. The normalized spacial score (nSPS) is 12.4. The second kappa shape index (κ2) is 6.53. The van der Waals surface area contributed by atoms with Crippen LogP contribution in [0.5, 0.6) is 0 Å². The van der Waals surface area contributed by atoms with Crippen LogP contribution < -0.4 is 5.32 Å². The molecule has 3 heteroatoms. The van der Waals surface area contributed by atoms with Gasteiger partial charge in [0.1, 0.15) is 0 Å². The van der Waals surface area contributed by atoms with E-state index in [1.165, 1.54) is 5.56 Å². The summed E-state index contributed by atoms with van der Waals surface area (Å²) in [6, 6.07) is 7.72. The Morgan fingerprint density at radius 2 is 1.84 bits per heavy atom. The number of rotatable bonds is 4. The van der Waals surface area contributed by atoms with Crippen molar-refractivity contribution in [3.63, 3.8) is 0 Å². The lowest BCUT2D eigenvalue weighted by molar-refractivity contribution is 0.0956. The van der Waals surface area contributed by atoms with Crippen LogP contribution in [0.1, 0.15) is 43.6 Å². The van der Waals surface area contributed by atoms with Crippen molar-refractivity contribution < 1.29 is 9.53 Å². The van der Waals surface area contributed by atoms with E-state index in [1.54, 1.807) is 7.11 Å². The van der Waals surface area contributed by atoms with Crippen molar-refractivity contribution >= 4 is 5.91 Å². The van der Waals surface area contributed by atoms with Gasteiger partial charge in [0.05, 0.1) is 6.61 Å². The van der Waals surface area contributed by atoms with Gasteiger partial charge in [-0.3, -0.25) is 4.79 Å². The molecule has 0 saturated carbocycles. The molecule has 0 aliphatic rings. The Hall–Kier alpha value is -1.61. The van der Waals surface area contributed by atoms with E-state index in [0.29, 0.717) is 12.2 Å². The Balaban J connectivity index is 2.79. The quantitative estimate of drug-likeness (QED) is 0.903. The van der Waals surface area contributed by atoms with Crippen molar-refractivity contribution in [3.8, 4) is 0 Å². The molecule has 0 fully saturated rings. The van der Waals surface area contributed by atoms with Gasteiger partial charge in [-0.2, -0.15) is 0 Å².